The number of esters is 1. The molecular formula is C57H90N4O20. The van der Waals surface area contributed by atoms with Crippen LogP contribution in [-0.2, 0) is 76.8 Å². The largest absolute Gasteiger partial charge is 0.477 e. The van der Waals surface area contributed by atoms with Gasteiger partial charge in [-0.1, -0.05) is 38.9 Å². The van der Waals surface area contributed by atoms with E-state index in [4.69, 9.17) is 52.2 Å². The molecule has 2 aromatic rings. The summed E-state index contributed by atoms with van der Waals surface area (Å²) in [5.74, 6) is -5.75. The number of aryl methyl sites for hydroxylation is 1. The number of rotatable bonds is 19. The Morgan fingerprint density at radius 2 is 1.67 bits per heavy atom. The van der Waals surface area contributed by atoms with Crippen LogP contribution in [0.3, 0.4) is 0 Å². The molecule has 4 aliphatic heterocycles. The Hall–Kier alpha value is -4.41. The summed E-state index contributed by atoms with van der Waals surface area (Å²) in [6.45, 7) is 17.6. The highest BCUT2D eigenvalue weighted by Crippen LogP contribution is 2.42. The van der Waals surface area contributed by atoms with Gasteiger partial charge in [0.05, 0.1) is 66.5 Å². The fourth-order valence-corrected chi connectivity index (χ4v) is 12.3. The lowest BCUT2D eigenvalue weighted by atomic mass is 9.73. The average molecular weight is 1150 g/mol. The molecule has 6 N–H and O–H groups in total. The summed E-state index contributed by atoms with van der Waals surface area (Å²) < 4.78 is 62.9. The third kappa shape index (κ3) is 15.3. The van der Waals surface area contributed by atoms with Crippen LogP contribution in [0.4, 0.5) is 4.79 Å². The van der Waals surface area contributed by atoms with E-state index in [2.05, 4.69) is 10.5 Å². The molecule has 4 aliphatic rings. The number of likely N-dealkylation sites (N-methyl/N-ethyl adjacent to an activating group) is 1. The number of nitrogens with zero attached hydrogens (tertiary/aromatic N) is 3. The van der Waals surface area contributed by atoms with Crippen LogP contribution >= 0.6 is 0 Å². The number of ether oxygens (including phenoxy) is 10. The van der Waals surface area contributed by atoms with E-state index >= 15 is 0 Å². The number of nitrogens with one attached hydrogen (secondary N) is 1. The molecule has 1 aromatic carbocycles. The van der Waals surface area contributed by atoms with Crippen molar-refractivity contribution in [1.29, 1.82) is 0 Å². The van der Waals surface area contributed by atoms with Crippen LogP contribution < -0.4 is 10.7 Å². The monoisotopic (exact) mass is 1150 g/mol. The molecule has 458 valence electrons. The Kier molecular flexibility index (Phi) is 22.7. The first-order valence-electron chi connectivity index (χ1n) is 28.2. The highest BCUT2D eigenvalue weighted by atomic mass is 16.7. The van der Waals surface area contributed by atoms with Crippen LogP contribution in [0.5, 0.6) is 0 Å². The molecule has 18 atom stereocenters. The SMILES string of the molecule is CC[C@H]1OC(=O)[C@H](C)[C@@H](O[C@H]2C[C@@](C)(OC)[C@@H](OC(=O)NCCOCCCc3cc4c5c(c3)c(=O)c(C(=O)O)cn5COC4)[C@H](C)O2)[C@H](C)[C@@H](OC2O[C@H](C)C[C@H](N(C)C)[C@H]2O)[C@](C)(O)C[C@@H](C)/C(=N\OCOC)[C@H](C)[C@@H](O)[C@]1(C)O. The van der Waals surface area contributed by atoms with Crippen molar-refractivity contribution in [2.45, 2.75) is 205 Å². The summed E-state index contributed by atoms with van der Waals surface area (Å²) in [5, 5.41) is 65.8. The van der Waals surface area contributed by atoms with Crippen LogP contribution in [0, 0.1) is 23.7 Å². The second-order valence-electron chi connectivity index (χ2n) is 23.4. The number of aromatic carboxylic acids is 1. The number of carbonyl (C=O) groups is 3. The van der Waals surface area contributed by atoms with Gasteiger partial charge in [-0.2, -0.15) is 0 Å². The van der Waals surface area contributed by atoms with Crippen molar-refractivity contribution in [2.24, 2.45) is 28.8 Å². The predicted octanol–water partition coefficient (Wildman–Crippen LogP) is 4.08. The number of aromatic nitrogens is 1. The number of carbonyl (C=O) groups excluding carboxylic acids is 2. The number of carboxylic acids is 1. The Balaban J connectivity index is 1.18. The number of methoxy groups -OCH3 is 2. The zero-order valence-corrected chi connectivity index (χ0v) is 49.6. The van der Waals surface area contributed by atoms with Crippen LogP contribution in [0.1, 0.15) is 123 Å². The van der Waals surface area contributed by atoms with Crippen molar-refractivity contribution in [2.75, 3.05) is 54.9 Å². The van der Waals surface area contributed by atoms with E-state index in [1.165, 1.54) is 27.3 Å². The van der Waals surface area contributed by atoms with Crippen LogP contribution in [-0.4, -0.2) is 198 Å². The number of aliphatic hydroxyl groups excluding tert-OH is 2. The summed E-state index contributed by atoms with van der Waals surface area (Å²) in [6, 6.07) is 3.29. The van der Waals surface area contributed by atoms with Gasteiger partial charge >= 0.3 is 18.0 Å². The third-order valence-corrected chi connectivity index (χ3v) is 16.7. The molecule has 0 radical (unpaired) electrons. The standard InChI is InChI=1S/C57H90N4O20/c1-15-41-57(10,70)48(64)32(4)43(59-75-29-71-13)30(2)24-55(8,69)49(80-53-46(63)40(60(11)12)21-31(3)76-53)33(5)47(34(6)52(67)78-41)79-42-25-56(9,72-14)50(35(7)77-42)81-54(68)58-18-20-73-19-16-17-36-22-37-27-74-28-61-26-39(51(65)66)45(62)38(23-36)44(37)61/h22-23,26,30-35,40-42,46-50,53,63-64,69-70H,15-21,24-25,27-29H2,1-14H3,(H,58,68)(H,65,66)/b59-43+/t30-,31-,32+,33+,34-,35+,40+,41-,42+,46-,47+,48-,49-,50+,53?,55-,56-,57-/m1/s1. The molecule has 1 aromatic heterocycles. The second kappa shape index (κ2) is 28.0. The summed E-state index contributed by atoms with van der Waals surface area (Å²) >= 11 is 0. The van der Waals surface area contributed by atoms with Gasteiger partial charge in [0.1, 0.15) is 35.7 Å². The molecule has 6 rings (SSSR count). The van der Waals surface area contributed by atoms with Gasteiger partial charge in [-0.15, -0.1) is 0 Å². The van der Waals surface area contributed by atoms with Gasteiger partial charge in [0, 0.05) is 74.7 Å². The maximum Gasteiger partial charge on any atom is 0.407 e. The molecule has 1 unspecified atom stereocenters. The maximum absolute atomic E-state index is 14.6. The molecular weight excluding hydrogens is 1060 g/mol. The van der Waals surface area contributed by atoms with E-state index in [1.807, 2.05) is 32.0 Å². The highest BCUT2D eigenvalue weighted by Gasteiger charge is 2.54. The summed E-state index contributed by atoms with van der Waals surface area (Å²) in [7, 11) is 6.58. The van der Waals surface area contributed by atoms with E-state index in [-0.39, 0.29) is 69.4 Å². The third-order valence-electron chi connectivity index (χ3n) is 16.7. The van der Waals surface area contributed by atoms with Gasteiger partial charge in [-0.05, 0) is 99.4 Å². The number of amides is 1. The fraction of sp³-hybridized carbons (Fsp3) is 0.772. The van der Waals surface area contributed by atoms with E-state index in [0.29, 0.717) is 43.4 Å². The van der Waals surface area contributed by atoms with Crippen molar-refractivity contribution in [1.82, 2.24) is 14.8 Å². The van der Waals surface area contributed by atoms with Crippen LogP contribution in [0.15, 0.2) is 28.3 Å². The number of pyridine rings is 1. The number of benzene rings is 1. The van der Waals surface area contributed by atoms with Gasteiger partial charge in [-0.3, -0.25) is 9.59 Å². The van der Waals surface area contributed by atoms with Gasteiger partial charge in [0.2, 0.25) is 12.2 Å². The molecule has 3 fully saturated rings. The fourth-order valence-electron chi connectivity index (χ4n) is 12.3. The number of carboxylic acid groups (broad SMARTS) is 1. The normalized spacial score (nSPS) is 36.7. The minimum Gasteiger partial charge on any atom is -0.477 e. The van der Waals surface area contributed by atoms with Crippen molar-refractivity contribution < 1.29 is 92.1 Å². The summed E-state index contributed by atoms with van der Waals surface area (Å²) in [6.07, 6.45) is -8.80. The number of cyclic esters (lactones) is 1. The lowest BCUT2D eigenvalue weighted by Crippen LogP contribution is -2.61. The molecule has 81 heavy (non-hydrogen) atoms. The van der Waals surface area contributed by atoms with Crippen LogP contribution in [0.2, 0.25) is 0 Å². The van der Waals surface area contributed by atoms with Crippen molar-refractivity contribution in [3.63, 3.8) is 0 Å². The quantitative estimate of drug-likeness (QED) is 0.0500. The average Bonchev–Trinajstić information content (AvgIpc) is 3.44. The van der Waals surface area contributed by atoms with Crippen molar-refractivity contribution in [3.8, 4) is 0 Å². The zero-order valence-electron chi connectivity index (χ0n) is 49.6. The number of aliphatic hydroxyl groups is 4. The Morgan fingerprint density at radius 3 is 2.32 bits per heavy atom. The first-order valence-corrected chi connectivity index (χ1v) is 28.2. The number of oxime groups is 1. The molecule has 0 aliphatic carbocycles. The molecule has 5 heterocycles. The Labute approximate surface area is 474 Å². The van der Waals surface area contributed by atoms with Gasteiger partial charge < -0.3 is 92.5 Å². The molecule has 0 saturated carbocycles. The van der Waals surface area contributed by atoms with E-state index < -0.39 is 119 Å². The predicted molar refractivity (Wildman–Crippen MR) is 293 cm³/mol. The molecule has 3 saturated heterocycles. The number of hydrogen-bond acceptors (Lipinski definition) is 21. The first-order chi connectivity index (χ1) is 38.1. The lowest BCUT2D eigenvalue weighted by molar-refractivity contribution is -0.317. The maximum atomic E-state index is 14.6. The topological polar surface area (TPSA) is 304 Å². The van der Waals surface area contributed by atoms with E-state index in [1.54, 1.807) is 66.0 Å². The van der Waals surface area contributed by atoms with Gasteiger partial charge in [0.15, 0.2) is 18.7 Å². The molecule has 0 bridgehead atoms. The lowest BCUT2D eigenvalue weighted by Gasteiger charge is -2.49. The molecule has 24 nitrogen and oxygen atoms in total. The smallest absolute Gasteiger partial charge is 0.407 e. The Morgan fingerprint density at radius 1 is 0.951 bits per heavy atom. The molecule has 1 amide bonds. The minimum absolute atomic E-state index is 0.0223. The highest BCUT2D eigenvalue weighted by molar-refractivity contribution is 5.94. The Bertz CT molecular complexity index is 2540. The minimum atomic E-state index is -2.02. The van der Waals surface area contributed by atoms with Crippen LogP contribution in [0.25, 0.3) is 10.9 Å². The first kappa shape index (κ1) is 65.7. The molecule has 0 spiro atoms. The summed E-state index contributed by atoms with van der Waals surface area (Å²) in [4.78, 5) is 60.3. The van der Waals surface area contributed by atoms with E-state index in [9.17, 15) is 44.7 Å². The second-order valence-corrected chi connectivity index (χ2v) is 23.4. The number of alkyl carbamates (subject to hydrolysis) is 1. The van der Waals surface area contributed by atoms with Gasteiger partial charge in [-0.25, -0.2) is 9.59 Å². The zero-order chi connectivity index (χ0) is 59.9. The van der Waals surface area contributed by atoms with Gasteiger partial charge in [0.25, 0.3) is 0 Å². The molecule has 24 heteroatoms. The van der Waals surface area contributed by atoms with Crippen molar-refractivity contribution in [3.05, 3.63) is 45.2 Å². The number of hydrogen-bond donors (Lipinski definition) is 6. The van der Waals surface area contributed by atoms with Crippen molar-refractivity contribution >= 4 is 34.6 Å². The summed E-state index contributed by atoms with van der Waals surface area (Å²) in [5.41, 5.74) is -3.38. The van der Waals surface area contributed by atoms with E-state index in [0.717, 1.165) is 11.1 Å².